The topological polar surface area (TPSA) is 25.2 Å². The third kappa shape index (κ3) is 3.01. The SMILES string of the molecule is CCc1c(C(C)NCC2CCC(C)C2)oc2ccccc12. The number of aryl methyl sites for hydroxylation is 1. The number of hydrogen-bond donors (Lipinski definition) is 1. The average molecular weight is 285 g/mol. The van der Waals surface area contributed by atoms with Gasteiger partial charge in [0.25, 0.3) is 0 Å². The first-order valence-corrected chi connectivity index (χ1v) is 8.42. The molecule has 1 aromatic heterocycles. The number of nitrogens with one attached hydrogen (secondary N) is 1. The molecular formula is C19H27NO. The Morgan fingerprint density at radius 1 is 1.29 bits per heavy atom. The molecule has 1 fully saturated rings. The summed E-state index contributed by atoms with van der Waals surface area (Å²) in [5.41, 5.74) is 2.39. The molecule has 0 bridgehead atoms. The van der Waals surface area contributed by atoms with Gasteiger partial charge in [0.05, 0.1) is 6.04 Å². The van der Waals surface area contributed by atoms with Gasteiger partial charge in [0.1, 0.15) is 11.3 Å². The van der Waals surface area contributed by atoms with E-state index in [-0.39, 0.29) is 0 Å². The van der Waals surface area contributed by atoms with Crippen LogP contribution in [0.1, 0.15) is 57.4 Å². The van der Waals surface area contributed by atoms with E-state index in [4.69, 9.17) is 4.42 Å². The summed E-state index contributed by atoms with van der Waals surface area (Å²) in [5.74, 6) is 2.88. The van der Waals surface area contributed by atoms with Crippen LogP contribution in [0.5, 0.6) is 0 Å². The average Bonchev–Trinajstić information content (AvgIpc) is 3.07. The summed E-state index contributed by atoms with van der Waals surface area (Å²) in [5, 5.41) is 4.98. The van der Waals surface area contributed by atoms with E-state index < -0.39 is 0 Å². The molecule has 2 heteroatoms. The quantitative estimate of drug-likeness (QED) is 0.828. The molecule has 3 unspecified atom stereocenters. The van der Waals surface area contributed by atoms with Gasteiger partial charge in [-0.05, 0) is 50.6 Å². The molecule has 2 nitrogen and oxygen atoms in total. The van der Waals surface area contributed by atoms with Gasteiger partial charge in [-0.1, -0.05) is 38.5 Å². The molecule has 0 aliphatic heterocycles. The van der Waals surface area contributed by atoms with Crippen LogP contribution in [0.3, 0.4) is 0 Å². The molecule has 1 aliphatic carbocycles. The second-order valence-electron chi connectivity index (χ2n) is 6.71. The summed E-state index contributed by atoms with van der Waals surface area (Å²) < 4.78 is 6.13. The highest BCUT2D eigenvalue weighted by molar-refractivity contribution is 5.82. The largest absolute Gasteiger partial charge is 0.459 e. The van der Waals surface area contributed by atoms with Crippen LogP contribution >= 0.6 is 0 Å². The Bertz CT molecular complexity index is 601. The van der Waals surface area contributed by atoms with Crippen molar-refractivity contribution in [3.05, 3.63) is 35.6 Å². The number of benzene rings is 1. The third-order valence-corrected chi connectivity index (χ3v) is 4.99. The van der Waals surface area contributed by atoms with Gasteiger partial charge in [0.2, 0.25) is 0 Å². The first-order valence-electron chi connectivity index (χ1n) is 8.42. The molecule has 0 spiro atoms. The van der Waals surface area contributed by atoms with Crippen molar-refractivity contribution in [3.63, 3.8) is 0 Å². The predicted molar refractivity (Wildman–Crippen MR) is 88.5 cm³/mol. The van der Waals surface area contributed by atoms with Gasteiger partial charge in [0.15, 0.2) is 0 Å². The van der Waals surface area contributed by atoms with Gasteiger partial charge in [-0.25, -0.2) is 0 Å². The maximum atomic E-state index is 6.13. The van der Waals surface area contributed by atoms with Gasteiger partial charge in [-0.3, -0.25) is 0 Å². The number of hydrogen-bond acceptors (Lipinski definition) is 2. The first kappa shape index (κ1) is 14.6. The maximum Gasteiger partial charge on any atom is 0.134 e. The zero-order valence-electron chi connectivity index (χ0n) is 13.5. The van der Waals surface area contributed by atoms with Gasteiger partial charge in [-0.15, -0.1) is 0 Å². The summed E-state index contributed by atoms with van der Waals surface area (Å²) in [6.07, 6.45) is 5.17. The number of rotatable bonds is 5. The highest BCUT2D eigenvalue weighted by Crippen LogP contribution is 2.32. The van der Waals surface area contributed by atoms with Crippen molar-refractivity contribution in [3.8, 4) is 0 Å². The standard InChI is InChI=1S/C19H27NO/c1-4-16-17-7-5-6-8-18(17)21-19(16)14(3)20-12-15-10-9-13(2)11-15/h5-8,13-15,20H,4,9-12H2,1-3H3. The Morgan fingerprint density at radius 3 is 2.81 bits per heavy atom. The van der Waals surface area contributed by atoms with Crippen molar-refractivity contribution in [1.82, 2.24) is 5.32 Å². The Labute approximate surface area is 127 Å². The summed E-state index contributed by atoms with van der Waals surface area (Å²) >= 11 is 0. The lowest BCUT2D eigenvalue weighted by atomic mass is 10.0. The molecule has 1 heterocycles. The summed E-state index contributed by atoms with van der Waals surface area (Å²) in [6.45, 7) is 7.94. The molecule has 1 aliphatic rings. The highest BCUT2D eigenvalue weighted by Gasteiger charge is 2.23. The van der Waals surface area contributed by atoms with Crippen molar-refractivity contribution in [2.45, 2.75) is 52.5 Å². The van der Waals surface area contributed by atoms with Crippen molar-refractivity contribution in [1.29, 1.82) is 0 Å². The van der Waals surface area contributed by atoms with E-state index in [1.165, 1.54) is 30.2 Å². The zero-order chi connectivity index (χ0) is 14.8. The second kappa shape index (κ2) is 6.23. The van der Waals surface area contributed by atoms with E-state index in [1.807, 2.05) is 6.07 Å². The molecule has 2 aromatic rings. The molecule has 1 aromatic carbocycles. The Balaban J connectivity index is 1.73. The maximum absolute atomic E-state index is 6.13. The summed E-state index contributed by atoms with van der Waals surface area (Å²) in [6, 6.07) is 8.69. The minimum atomic E-state index is 0.295. The lowest BCUT2D eigenvalue weighted by Crippen LogP contribution is -2.25. The monoisotopic (exact) mass is 285 g/mol. The molecular weight excluding hydrogens is 258 g/mol. The Kier molecular flexibility index (Phi) is 4.34. The molecule has 114 valence electrons. The Morgan fingerprint density at radius 2 is 2.10 bits per heavy atom. The minimum absolute atomic E-state index is 0.295. The van der Waals surface area contributed by atoms with E-state index in [9.17, 15) is 0 Å². The van der Waals surface area contributed by atoms with E-state index in [1.54, 1.807) is 0 Å². The van der Waals surface area contributed by atoms with Crippen molar-refractivity contribution < 1.29 is 4.42 Å². The minimum Gasteiger partial charge on any atom is -0.459 e. The van der Waals surface area contributed by atoms with Gasteiger partial charge >= 0.3 is 0 Å². The smallest absolute Gasteiger partial charge is 0.134 e. The number of fused-ring (bicyclic) bond motifs is 1. The van der Waals surface area contributed by atoms with Crippen molar-refractivity contribution >= 4 is 11.0 Å². The molecule has 3 atom stereocenters. The van der Waals surface area contributed by atoms with Crippen LogP contribution in [0.25, 0.3) is 11.0 Å². The number of furan rings is 1. The fraction of sp³-hybridized carbons (Fsp3) is 0.579. The van der Waals surface area contributed by atoms with E-state index >= 15 is 0 Å². The molecule has 1 saturated carbocycles. The van der Waals surface area contributed by atoms with Crippen LogP contribution in [0.15, 0.2) is 28.7 Å². The zero-order valence-corrected chi connectivity index (χ0v) is 13.5. The predicted octanol–water partition coefficient (Wildman–Crippen LogP) is 5.08. The van der Waals surface area contributed by atoms with Crippen LogP contribution in [0, 0.1) is 11.8 Å². The van der Waals surface area contributed by atoms with E-state index in [0.717, 1.165) is 36.1 Å². The summed E-state index contributed by atoms with van der Waals surface area (Å²) in [4.78, 5) is 0. The molecule has 21 heavy (non-hydrogen) atoms. The van der Waals surface area contributed by atoms with Crippen molar-refractivity contribution in [2.24, 2.45) is 11.8 Å². The summed E-state index contributed by atoms with van der Waals surface area (Å²) in [7, 11) is 0. The second-order valence-corrected chi connectivity index (χ2v) is 6.71. The van der Waals surface area contributed by atoms with Gasteiger partial charge in [0, 0.05) is 10.9 Å². The molecule has 1 N–H and O–H groups in total. The normalized spacial score (nSPS) is 23.8. The highest BCUT2D eigenvalue weighted by atomic mass is 16.3. The van der Waals surface area contributed by atoms with Gasteiger partial charge in [-0.2, -0.15) is 0 Å². The lowest BCUT2D eigenvalue weighted by molar-refractivity contribution is 0.398. The fourth-order valence-electron chi connectivity index (χ4n) is 3.78. The van der Waals surface area contributed by atoms with Crippen LogP contribution in [0.2, 0.25) is 0 Å². The van der Waals surface area contributed by atoms with Crippen LogP contribution in [-0.2, 0) is 6.42 Å². The van der Waals surface area contributed by atoms with Crippen molar-refractivity contribution in [2.75, 3.05) is 6.54 Å². The van der Waals surface area contributed by atoms with Crippen LogP contribution in [-0.4, -0.2) is 6.54 Å². The van der Waals surface area contributed by atoms with E-state index in [2.05, 4.69) is 44.3 Å². The molecule has 0 saturated heterocycles. The molecule has 0 amide bonds. The number of para-hydroxylation sites is 1. The van der Waals surface area contributed by atoms with E-state index in [0.29, 0.717) is 6.04 Å². The fourth-order valence-corrected chi connectivity index (χ4v) is 3.78. The first-order chi connectivity index (χ1) is 10.2. The van der Waals surface area contributed by atoms with Crippen LogP contribution < -0.4 is 5.32 Å². The van der Waals surface area contributed by atoms with Gasteiger partial charge < -0.3 is 9.73 Å². The molecule has 0 radical (unpaired) electrons. The Hall–Kier alpha value is -1.28. The van der Waals surface area contributed by atoms with Crippen LogP contribution in [0.4, 0.5) is 0 Å². The molecule has 3 rings (SSSR count). The third-order valence-electron chi connectivity index (χ3n) is 4.99. The lowest BCUT2D eigenvalue weighted by Gasteiger charge is -2.16.